The van der Waals surface area contributed by atoms with Crippen LogP contribution in [0.15, 0.2) is 0 Å². The lowest BCUT2D eigenvalue weighted by Gasteiger charge is -2.57. The van der Waals surface area contributed by atoms with E-state index in [2.05, 4.69) is 5.32 Å². The third kappa shape index (κ3) is 2.99. The van der Waals surface area contributed by atoms with E-state index in [9.17, 15) is 4.79 Å². The van der Waals surface area contributed by atoms with Gasteiger partial charge in [-0.25, -0.2) is 0 Å². The maximum Gasteiger partial charge on any atom is 0.237 e. The number of halogens is 1. The maximum absolute atomic E-state index is 12.0. The summed E-state index contributed by atoms with van der Waals surface area (Å²) in [6.45, 7) is 4.89. The van der Waals surface area contributed by atoms with Crippen molar-refractivity contribution in [2.24, 2.45) is 34.8 Å². The molecule has 4 bridgehead atoms. The van der Waals surface area contributed by atoms with Crippen molar-refractivity contribution in [3.05, 3.63) is 0 Å². The van der Waals surface area contributed by atoms with Crippen molar-refractivity contribution in [3.63, 3.8) is 0 Å². The van der Waals surface area contributed by atoms with Crippen LogP contribution in [-0.4, -0.2) is 18.5 Å². The Balaban J connectivity index is 0.00000147. The van der Waals surface area contributed by atoms with Crippen molar-refractivity contribution in [2.75, 3.05) is 6.54 Å². The number of carbonyl (C=O) groups is 1. The molecule has 0 spiro atoms. The van der Waals surface area contributed by atoms with Crippen LogP contribution in [0.5, 0.6) is 0 Å². The first-order valence-electron chi connectivity index (χ1n) is 8.01. The van der Waals surface area contributed by atoms with E-state index in [1.54, 1.807) is 0 Å². The Morgan fingerprint density at radius 3 is 2.00 bits per heavy atom. The molecule has 4 heteroatoms. The molecular weight excluding hydrogens is 272 g/mol. The van der Waals surface area contributed by atoms with E-state index in [1.807, 2.05) is 13.8 Å². The summed E-state index contributed by atoms with van der Waals surface area (Å²) in [6.07, 6.45) is 8.40. The van der Waals surface area contributed by atoms with Crippen molar-refractivity contribution in [2.45, 2.75) is 58.4 Å². The quantitative estimate of drug-likeness (QED) is 0.839. The van der Waals surface area contributed by atoms with Gasteiger partial charge in [0, 0.05) is 6.54 Å². The maximum atomic E-state index is 12.0. The van der Waals surface area contributed by atoms with Gasteiger partial charge in [-0.1, -0.05) is 13.8 Å². The fraction of sp³-hybridized carbons (Fsp3) is 0.938. The molecule has 4 rings (SSSR count). The highest BCUT2D eigenvalue weighted by Gasteiger charge is 2.50. The summed E-state index contributed by atoms with van der Waals surface area (Å²) in [6, 6.07) is -0.353. The molecule has 0 radical (unpaired) electrons. The molecule has 0 aromatic rings. The molecule has 3 nitrogen and oxygen atoms in total. The monoisotopic (exact) mass is 300 g/mol. The predicted molar refractivity (Wildman–Crippen MR) is 83.7 cm³/mol. The third-order valence-electron chi connectivity index (χ3n) is 5.82. The number of nitrogens with two attached hydrogens (primary N) is 1. The zero-order valence-electron chi connectivity index (χ0n) is 12.7. The lowest BCUT2D eigenvalue weighted by molar-refractivity contribution is -0.125. The SMILES string of the molecule is CC(C)C(N)C(=O)NCC12CC3CC(CC(C3)C1)C2.Cl. The molecule has 1 amide bonds. The molecule has 0 aromatic carbocycles. The van der Waals surface area contributed by atoms with Crippen molar-refractivity contribution in [3.8, 4) is 0 Å². The van der Waals surface area contributed by atoms with E-state index in [0.29, 0.717) is 5.41 Å². The fourth-order valence-electron chi connectivity index (χ4n) is 5.20. The molecule has 4 aliphatic carbocycles. The van der Waals surface area contributed by atoms with E-state index in [0.717, 1.165) is 24.3 Å². The molecular formula is C16H29ClN2O. The third-order valence-corrected chi connectivity index (χ3v) is 5.82. The number of nitrogens with one attached hydrogen (secondary N) is 1. The van der Waals surface area contributed by atoms with Crippen LogP contribution in [0.3, 0.4) is 0 Å². The number of amides is 1. The second kappa shape index (κ2) is 5.84. The van der Waals surface area contributed by atoms with Gasteiger partial charge < -0.3 is 11.1 Å². The minimum absolute atomic E-state index is 0. The molecule has 4 aliphatic rings. The summed E-state index contributed by atoms with van der Waals surface area (Å²) in [4.78, 5) is 12.0. The number of rotatable bonds is 4. The van der Waals surface area contributed by atoms with Gasteiger partial charge in [0.05, 0.1) is 6.04 Å². The van der Waals surface area contributed by atoms with Crippen LogP contribution in [0.1, 0.15) is 52.4 Å². The van der Waals surface area contributed by atoms with Crippen LogP contribution in [-0.2, 0) is 4.79 Å². The number of carbonyl (C=O) groups excluding carboxylic acids is 1. The van der Waals surface area contributed by atoms with Gasteiger partial charge in [0.1, 0.15) is 0 Å². The molecule has 4 saturated carbocycles. The largest absolute Gasteiger partial charge is 0.354 e. The normalized spacial score (nSPS) is 39.5. The average Bonchev–Trinajstić information content (AvgIpc) is 2.33. The van der Waals surface area contributed by atoms with Crippen molar-refractivity contribution in [1.82, 2.24) is 5.32 Å². The summed E-state index contributed by atoms with van der Waals surface area (Å²) in [5.74, 6) is 3.10. The van der Waals surface area contributed by atoms with Crippen LogP contribution >= 0.6 is 12.4 Å². The number of hydrogen-bond acceptors (Lipinski definition) is 2. The highest BCUT2D eigenvalue weighted by Crippen LogP contribution is 2.59. The second-order valence-electron chi connectivity index (χ2n) is 7.91. The van der Waals surface area contributed by atoms with Crippen molar-refractivity contribution in [1.29, 1.82) is 0 Å². The predicted octanol–water partition coefficient (Wildman–Crippen LogP) is 2.72. The summed E-state index contributed by atoms with van der Waals surface area (Å²) in [5, 5.41) is 3.16. The molecule has 0 aromatic heterocycles. The van der Waals surface area contributed by atoms with Crippen LogP contribution < -0.4 is 11.1 Å². The molecule has 0 aliphatic heterocycles. The van der Waals surface area contributed by atoms with Crippen molar-refractivity contribution >= 4 is 18.3 Å². The lowest BCUT2D eigenvalue weighted by atomic mass is 9.49. The Morgan fingerprint density at radius 1 is 1.15 bits per heavy atom. The van der Waals surface area contributed by atoms with E-state index < -0.39 is 0 Å². The number of hydrogen-bond donors (Lipinski definition) is 2. The Kier molecular flexibility index (Phi) is 4.70. The fourth-order valence-corrected chi connectivity index (χ4v) is 5.20. The summed E-state index contributed by atoms with van der Waals surface area (Å²) < 4.78 is 0. The highest BCUT2D eigenvalue weighted by atomic mass is 35.5. The first kappa shape index (κ1) is 16.1. The summed E-state index contributed by atoms with van der Waals surface area (Å²) >= 11 is 0. The molecule has 20 heavy (non-hydrogen) atoms. The Morgan fingerprint density at radius 2 is 1.60 bits per heavy atom. The van der Waals surface area contributed by atoms with Gasteiger partial charge in [-0.05, 0) is 67.6 Å². The minimum Gasteiger partial charge on any atom is -0.354 e. The first-order chi connectivity index (χ1) is 8.97. The van der Waals surface area contributed by atoms with Crippen LogP contribution in [0.4, 0.5) is 0 Å². The molecule has 3 N–H and O–H groups in total. The van der Waals surface area contributed by atoms with Crippen LogP contribution in [0.25, 0.3) is 0 Å². The standard InChI is InChI=1S/C16H28N2O.ClH/c1-10(2)14(17)15(19)18-9-16-6-11-3-12(7-16)5-13(4-11)8-16;/h10-14H,3-9,17H2,1-2H3,(H,18,19);1H. The van der Waals surface area contributed by atoms with E-state index in [1.165, 1.54) is 38.5 Å². The van der Waals surface area contributed by atoms with Crippen molar-refractivity contribution < 1.29 is 4.79 Å². The minimum atomic E-state index is -0.353. The van der Waals surface area contributed by atoms with Crippen LogP contribution in [0.2, 0.25) is 0 Å². The van der Waals surface area contributed by atoms with Gasteiger partial charge in [0.25, 0.3) is 0 Å². The molecule has 1 atom stereocenters. The smallest absolute Gasteiger partial charge is 0.237 e. The second-order valence-corrected chi connectivity index (χ2v) is 7.91. The topological polar surface area (TPSA) is 55.1 Å². The average molecular weight is 301 g/mol. The summed E-state index contributed by atoms with van der Waals surface area (Å²) in [5.41, 5.74) is 6.34. The van der Waals surface area contributed by atoms with Gasteiger partial charge in [0.2, 0.25) is 5.91 Å². The molecule has 116 valence electrons. The molecule has 4 fully saturated rings. The van der Waals surface area contributed by atoms with E-state index in [4.69, 9.17) is 5.73 Å². The molecule has 0 heterocycles. The van der Waals surface area contributed by atoms with E-state index in [-0.39, 0.29) is 30.3 Å². The van der Waals surface area contributed by atoms with Gasteiger partial charge in [-0.15, -0.1) is 12.4 Å². The lowest BCUT2D eigenvalue weighted by Crippen LogP contribution is -2.53. The Labute approximate surface area is 128 Å². The Hall–Kier alpha value is -0.280. The van der Waals surface area contributed by atoms with Gasteiger partial charge in [-0.3, -0.25) is 4.79 Å². The first-order valence-corrected chi connectivity index (χ1v) is 8.01. The molecule has 0 saturated heterocycles. The summed E-state index contributed by atoms with van der Waals surface area (Å²) in [7, 11) is 0. The van der Waals surface area contributed by atoms with E-state index >= 15 is 0 Å². The zero-order chi connectivity index (χ0) is 13.6. The highest BCUT2D eigenvalue weighted by molar-refractivity contribution is 5.85. The Bertz CT molecular complexity index is 334. The van der Waals surface area contributed by atoms with Gasteiger partial charge in [-0.2, -0.15) is 0 Å². The van der Waals surface area contributed by atoms with Gasteiger partial charge in [0.15, 0.2) is 0 Å². The van der Waals surface area contributed by atoms with Crippen LogP contribution in [0, 0.1) is 29.1 Å². The molecule has 1 unspecified atom stereocenters. The zero-order valence-corrected chi connectivity index (χ0v) is 13.5. The van der Waals surface area contributed by atoms with Gasteiger partial charge >= 0.3 is 0 Å².